The Kier molecular flexibility index (Phi) is 4.87. The summed E-state index contributed by atoms with van der Waals surface area (Å²) in [4.78, 5) is 18.5. The first-order valence-corrected chi connectivity index (χ1v) is 7.73. The zero-order chi connectivity index (χ0) is 16.8. The lowest BCUT2D eigenvalue weighted by Crippen LogP contribution is -2.30. The topological polar surface area (TPSA) is 53.4 Å². The highest BCUT2D eigenvalue weighted by Crippen LogP contribution is 2.16. The van der Waals surface area contributed by atoms with E-state index in [2.05, 4.69) is 4.98 Å². The second-order valence-electron chi connectivity index (χ2n) is 5.56. The molecule has 1 heterocycles. The van der Waals surface area contributed by atoms with Crippen molar-refractivity contribution in [3.63, 3.8) is 0 Å². The number of nitrogens with zero attached hydrogens (tertiary/aromatic N) is 2. The second kappa shape index (κ2) is 7.42. The van der Waals surface area contributed by atoms with Crippen LogP contribution in [-0.4, -0.2) is 20.9 Å². The standard InChI is InChI=1S/C20H18N2O2/c23-19-11-18(12-21-13-19)20(24)22(14-16-7-3-1-4-8-16)15-17-9-5-2-6-10-17/h1-13,23H,14-15H2. The van der Waals surface area contributed by atoms with E-state index in [-0.39, 0.29) is 11.7 Å². The number of benzene rings is 2. The van der Waals surface area contributed by atoms with Gasteiger partial charge in [0.1, 0.15) is 5.75 Å². The molecule has 0 atom stereocenters. The van der Waals surface area contributed by atoms with Gasteiger partial charge in [0.25, 0.3) is 5.91 Å². The van der Waals surface area contributed by atoms with Crippen molar-refractivity contribution in [1.82, 2.24) is 9.88 Å². The average Bonchev–Trinajstić information content (AvgIpc) is 2.62. The van der Waals surface area contributed by atoms with E-state index in [0.29, 0.717) is 18.7 Å². The normalized spacial score (nSPS) is 10.3. The van der Waals surface area contributed by atoms with Crippen molar-refractivity contribution in [3.05, 3.63) is 95.8 Å². The molecule has 2 aromatic carbocycles. The third-order valence-corrected chi connectivity index (χ3v) is 3.69. The van der Waals surface area contributed by atoms with E-state index in [9.17, 15) is 9.90 Å². The number of rotatable bonds is 5. The number of carbonyl (C=O) groups is 1. The fraction of sp³-hybridized carbons (Fsp3) is 0.100. The molecular formula is C20H18N2O2. The molecule has 1 N–H and O–H groups in total. The summed E-state index contributed by atoms with van der Waals surface area (Å²) in [6, 6.07) is 21.1. The Balaban J connectivity index is 1.87. The van der Waals surface area contributed by atoms with Crippen LogP contribution in [0.3, 0.4) is 0 Å². The van der Waals surface area contributed by atoms with Crippen LogP contribution in [0.25, 0.3) is 0 Å². The SMILES string of the molecule is O=C(c1cncc(O)c1)N(Cc1ccccc1)Cc1ccccc1. The zero-order valence-electron chi connectivity index (χ0n) is 13.2. The molecule has 0 spiro atoms. The molecule has 0 bridgehead atoms. The largest absolute Gasteiger partial charge is 0.506 e. The summed E-state index contributed by atoms with van der Waals surface area (Å²) in [5, 5.41) is 9.59. The Hall–Kier alpha value is -3.14. The van der Waals surface area contributed by atoms with Crippen LogP contribution in [0.15, 0.2) is 79.1 Å². The van der Waals surface area contributed by atoms with Crippen molar-refractivity contribution in [2.45, 2.75) is 13.1 Å². The fourth-order valence-electron chi connectivity index (χ4n) is 2.53. The summed E-state index contributed by atoms with van der Waals surface area (Å²) in [6.45, 7) is 0.981. The van der Waals surface area contributed by atoms with E-state index in [1.54, 1.807) is 4.90 Å². The molecular weight excluding hydrogens is 300 g/mol. The van der Waals surface area contributed by atoms with Crippen molar-refractivity contribution in [2.24, 2.45) is 0 Å². The van der Waals surface area contributed by atoms with E-state index in [4.69, 9.17) is 0 Å². The maximum absolute atomic E-state index is 12.9. The number of aromatic hydroxyl groups is 1. The van der Waals surface area contributed by atoms with Gasteiger partial charge in [0.2, 0.25) is 0 Å². The molecule has 1 amide bonds. The number of carbonyl (C=O) groups excluding carboxylic acids is 1. The molecule has 3 rings (SSSR count). The van der Waals surface area contributed by atoms with Crippen molar-refractivity contribution in [3.8, 4) is 5.75 Å². The summed E-state index contributed by atoms with van der Waals surface area (Å²) in [5.41, 5.74) is 2.48. The smallest absolute Gasteiger partial charge is 0.256 e. The van der Waals surface area contributed by atoms with E-state index in [1.165, 1.54) is 18.5 Å². The molecule has 0 fully saturated rings. The highest BCUT2D eigenvalue weighted by Gasteiger charge is 2.17. The first-order valence-electron chi connectivity index (χ1n) is 7.73. The van der Waals surface area contributed by atoms with Crippen LogP contribution < -0.4 is 0 Å². The number of amides is 1. The van der Waals surface area contributed by atoms with Gasteiger partial charge in [0.05, 0.1) is 11.8 Å². The van der Waals surface area contributed by atoms with E-state index in [0.717, 1.165) is 11.1 Å². The van der Waals surface area contributed by atoms with Crippen molar-refractivity contribution >= 4 is 5.91 Å². The van der Waals surface area contributed by atoms with Crippen molar-refractivity contribution in [1.29, 1.82) is 0 Å². The summed E-state index contributed by atoms with van der Waals surface area (Å²) >= 11 is 0. The van der Waals surface area contributed by atoms with Crippen LogP contribution in [0.1, 0.15) is 21.5 Å². The van der Waals surface area contributed by atoms with E-state index in [1.807, 2.05) is 60.7 Å². The van der Waals surface area contributed by atoms with E-state index >= 15 is 0 Å². The molecule has 0 unspecified atom stereocenters. The van der Waals surface area contributed by atoms with Crippen molar-refractivity contribution in [2.75, 3.05) is 0 Å². The summed E-state index contributed by atoms with van der Waals surface area (Å²) in [5.74, 6) is -0.175. The molecule has 4 heteroatoms. The maximum Gasteiger partial charge on any atom is 0.256 e. The van der Waals surface area contributed by atoms with E-state index < -0.39 is 0 Å². The van der Waals surface area contributed by atoms with Gasteiger partial charge < -0.3 is 10.0 Å². The number of pyridine rings is 1. The van der Waals surface area contributed by atoms with Crippen LogP contribution in [-0.2, 0) is 13.1 Å². The van der Waals surface area contributed by atoms with Gasteiger partial charge >= 0.3 is 0 Å². The Morgan fingerprint density at radius 3 is 1.92 bits per heavy atom. The second-order valence-corrected chi connectivity index (χ2v) is 5.56. The van der Waals surface area contributed by atoms with Crippen LogP contribution in [0.2, 0.25) is 0 Å². The third-order valence-electron chi connectivity index (χ3n) is 3.69. The minimum absolute atomic E-state index is 0.0137. The summed E-state index contributed by atoms with van der Waals surface area (Å²) < 4.78 is 0. The lowest BCUT2D eigenvalue weighted by atomic mass is 10.1. The molecule has 120 valence electrons. The molecule has 0 saturated carbocycles. The van der Waals surface area contributed by atoms with Crippen LogP contribution in [0.4, 0.5) is 0 Å². The van der Waals surface area contributed by atoms with Crippen molar-refractivity contribution < 1.29 is 9.90 Å². The molecule has 3 aromatic rings. The zero-order valence-corrected chi connectivity index (χ0v) is 13.2. The minimum atomic E-state index is -0.161. The van der Waals surface area contributed by atoms with Gasteiger partial charge in [-0.2, -0.15) is 0 Å². The average molecular weight is 318 g/mol. The maximum atomic E-state index is 12.9. The van der Waals surface area contributed by atoms with Gasteiger partial charge in [-0.3, -0.25) is 9.78 Å². The monoisotopic (exact) mass is 318 g/mol. The molecule has 1 aromatic heterocycles. The quantitative estimate of drug-likeness (QED) is 0.781. The Morgan fingerprint density at radius 2 is 1.42 bits per heavy atom. The highest BCUT2D eigenvalue weighted by molar-refractivity contribution is 5.94. The molecule has 0 aliphatic carbocycles. The summed E-state index contributed by atoms with van der Waals surface area (Å²) in [6.07, 6.45) is 2.79. The molecule has 4 nitrogen and oxygen atoms in total. The number of hydrogen-bond acceptors (Lipinski definition) is 3. The van der Waals surface area contributed by atoms with Gasteiger partial charge in [-0.1, -0.05) is 60.7 Å². The third kappa shape index (κ3) is 3.98. The molecule has 0 aliphatic rings. The number of aromatic nitrogens is 1. The fourth-order valence-corrected chi connectivity index (χ4v) is 2.53. The van der Waals surface area contributed by atoms with Gasteiger partial charge in [-0.25, -0.2) is 0 Å². The Morgan fingerprint density at radius 1 is 0.875 bits per heavy atom. The minimum Gasteiger partial charge on any atom is -0.506 e. The molecule has 24 heavy (non-hydrogen) atoms. The highest BCUT2D eigenvalue weighted by atomic mass is 16.3. The van der Waals surface area contributed by atoms with Crippen LogP contribution in [0.5, 0.6) is 5.75 Å². The molecule has 0 radical (unpaired) electrons. The van der Waals surface area contributed by atoms with Crippen LogP contribution in [0, 0.1) is 0 Å². The van der Waals surface area contributed by atoms with Gasteiger partial charge in [0.15, 0.2) is 0 Å². The predicted octanol–water partition coefficient (Wildman–Crippen LogP) is 3.63. The Bertz CT molecular complexity index is 763. The van der Waals surface area contributed by atoms with Gasteiger partial charge in [-0.15, -0.1) is 0 Å². The Labute approximate surface area is 141 Å². The molecule has 0 saturated heterocycles. The van der Waals surface area contributed by atoms with Gasteiger partial charge in [0, 0.05) is 19.3 Å². The number of hydrogen-bond donors (Lipinski definition) is 1. The lowest BCUT2D eigenvalue weighted by Gasteiger charge is -2.23. The first kappa shape index (κ1) is 15.7. The van der Waals surface area contributed by atoms with Crippen LogP contribution >= 0.6 is 0 Å². The first-order chi connectivity index (χ1) is 11.7. The van der Waals surface area contributed by atoms with Gasteiger partial charge in [-0.05, 0) is 17.2 Å². The predicted molar refractivity (Wildman–Crippen MR) is 92.4 cm³/mol. The molecule has 0 aliphatic heterocycles. The summed E-state index contributed by atoms with van der Waals surface area (Å²) in [7, 11) is 0. The lowest BCUT2D eigenvalue weighted by molar-refractivity contribution is 0.0729.